The molecule has 0 aliphatic rings. The Balaban J connectivity index is 2.36. The molecule has 3 rings (SSSR count). The molecular formula is C23H29FN4OS. The van der Waals surface area contributed by atoms with Crippen LogP contribution < -0.4 is 4.31 Å². The predicted octanol–water partition coefficient (Wildman–Crippen LogP) is 5.41. The van der Waals surface area contributed by atoms with Crippen molar-refractivity contribution in [3.05, 3.63) is 59.2 Å². The van der Waals surface area contributed by atoms with Crippen LogP contribution in [-0.2, 0) is 13.2 Å². The second-order valence-electron chi connectivity index (χ2n) is 7.52. The summed E-state index contributed by atoms with van der Waals surface area (Å²) in [5, 5.41) is 14.7. The average Bonchev–Trinajstić information content (AvgIpc) is 3.17. The Morgan fingerprint density at radius 1 is 1.23 bits per heavy atom. The second kappa shape index (κ2) is 9.10. The van der Waals surface area contributed by atoms with Crippen molar-refractivity contribution in [3.8, 4) is 11.1 Å². The molecule has 0 fully saturated rings. The first kappa shape index (κ1) is 22.2. The third-order valence-corrected chi connectivity index (χ3v) is 6.07. The molecule has 0 spiro atoms. The summed E-state index contributed by atoms with van der Waals surface area (Å²) in [6.07, 6.45) is 3.82. The Morgan fingerprint density at radius 2 is 1.90 bits per heavy atom. The Morgan fingerprint density at radius 3 is 2.43 bits per heavy atom. The van der Waals surface area contributed by atoms with Gasteiger partial charge in [0.15, 0.2) is 0 Å². The van der Waals surface area contributed by atoms with Gasteiger partial charge in [-0.1, -0.05) is 42.5 Å². The van der Waals surface area contributed by atoms with E-state index in [1.807, 2.05) is 30.9 Å². The summed E-state index contributed by atoms with van der Waals surface area (Å²) in [7, 11) is -0.417. The molecule has 3 aromatic rings. The molecule has 30 heavy (non-hydrogen) atoms. The van der Waals surface area contributed by atoms with E-state index in [4.69, 9.17) is 4.98 Å². The van der Waals surface area contributed by atoms with Crippen LogP contribution in [0.25, 0.3) is 11.1 Å². The molecule has 1 atom stereocenters. The summed E-state index contributed by atoms with van der Waals surface area (Å²) in [6.45, 7) is 8.76. The molecule has 0 radical (unpaired) electrons. The number of aryl methyl sites for hydroxylation is 1. The molecule has 1 aromatic carbocycles. The number of nitrogens with zero attached hydrogens (tertiary/aromatic N) is 4. The maximum absolute atomic E-state index is 13.6. The third-order valence-electron chi connectivity index (χ3n) is 5.09. The zero-order valence-corrected chi connectivity index (χ0v) is 19.0. The molecule has 0 saturated carbocycles. The monoisotopic (exact) mass is 428 g/mol. The van der Waals surface area contributed by atoms with E-state index in [0.717, 1.165) is 46.1 Å². The van der Waals surface area contributed by atoms with E-state index >= 15 is 0 Å². The third kappa shape index (κ3) is 4.04. The summed E-state index contributed by atoms with van der Waals surface area (Å²) in [6, 6.07) is 8.36. The van der Waals surface area contributed by atoms with Gasteiger partial charge in [-0.3, -0.25) is 4.31 Å². The standard InChI is InChI=1S/C23H29FN4OS/c1-7-27-20(12-13-25-27)28(30(5)6)23-16(4)21(17-8-10-18(24)11-9-17)19(14-29)22(26-23)15(2)3/h8-13,15,29H,5,7,14H2,1-4,6H3. The highest BCUT2D eigenvalue weighted by molar-refractivity contribution is 8.14. The molecule has 160 valence electrons. The molecule has 0 bridgehead atoms. The van der Waals surface area contributed by atoms with Gasteiger partial charge in [-0.2, -0.15) is 5.10 Å². The molecule has 1 N–H and O–H groups in total. The van der Waals surface area contributed by atoms with E-state index in [9.17, 15) is 9.50 Å². The van der Waals surface area contributed by atoms with Crippen LogP contribution >= 0.6 is 10.7 Å². The number of hydrogen-bond donors (Lipinski definition) is 1. The smallest absolute Gasteiger partial charge is 0.147 e. The van der Waals surface area contributed by atoms with E-state index in [0.29, 0.717) is 0 Å². The lowest BCUT2D eigenvalue weighted by molar-refractivity contribution is 0.280. The number of rotatable bonds is 7. The van der Waals surface area contributed by atoms with Crippen molar-refractivity contribution < 1.29 is 9.50 Å². The van der Waals surface area contributed by atoms with Crippen LogP contribution in [0.4, 0.5) is 16.0 Å². The Hall–Kier alpha value is -2.51. The van der Waals surface area contributed by atoms with Gasteiger partial charge < -0.3 is 5.11 Å². The predicted molar refractivity (Wildman–Crippen MR) is 125 cm³/mol. The van der Waals surface area contributed by atoms with Crippen molar-refractivity contribution in [2.75, 3.05) is 10.6 Å². The van der Waals surface area contributed by atoms with Gasteiger partial charge in [-0.05, 0) is 49.3 Å². The van der Waals surface area contributed by atoms with E-state index in [1.165, 1.54) is 12.1 Å². The first-order valence-corrected chi connectivity index (χ1v) is 11.7. The molecule has 0 aliphatic carbocycles. The van der Waals surface area contributed by atoms with Crippen molar-refractivity contribution in [1.82, 2.24) is 14.8 Å². The molecule has 2 heterocycles. The summed E-state index contributed by atoms with van der Waals surface area (Å²) < 4.78 is 17.6. The van der Waals surface area contributed by atoms with Gasteiger partial charge in [0.2, 0.25) is 0 Å². The normalized spacial score (nSPS) is 12.4. The minimum absolute atomic E-state index is 0.104. The SMILES string of the molecule is C=S(C)N(c1nc(C(C)C)c(CO)c(-c2ccc(F)cc2)c1C)c1ccnn1CC. The Kier molecular flexibility index (Phi) is 6.73. The Labute approximate surface area is 180 Å². The van der Waals surface area contributed by atoms with E-state index < -0.39 is 10.7 Å². The van der Waals surface area contributed by atoms with Crippen molar-refractivity contribution >= 4 is 28.2 Å². The first-order chi connectivity index (χ1) is 14.3. The van der Waals surface area contributed by atoms with Crippen LogP contribution in [0.5, 0.6) is 0 Å². The number of aliphatic hydroxyl groups is 1. The van der Waals surface area contributed by atoms with Gasteiger partial charge >= 0.3 is 0 Å². The van der Waals surface area contributed by atoms with Crippen LogP contribution in [0, 0.1) is 12.7 Å². The number of halogens is 1. The number of aromatic nitrogens is 3. The number of pyridine rings is 1. The minimum Gasteiger partial charge on any atom is -0.392 e. The van der Waals surface area contributed by atoms with Crippen molar-refractivity contribution in [2.24, 2.45) is 0 Å². The van der Waals surface area contributed by atoms with E-state index in [-0.39, 0.29) is 18.3 Å². The lowest BCUT2D eigenvalue weighted by atomic mass is 9.91. The minimum atomic E-state index is -0.417. The number of benzene rings is 1. The van der Waals surface area contributed by atoms with Gasteiger partial charge in [0.25, 0.3) is 0 Å². The van der Waals surface area contributed by atoms with Crippen LogP contribution in [0.1, 0.15) is 43.5 Å². The topological polar surface area (TPSA) is 54.2 Å². The molecule has 0 saturated heterocycles. The zero-order chi connectivity index (χ0) is 22.0. The highest BCUT2D eigenvalue weighted by Crippen LogP contribution is 2.42. The van der Waals surface area contributed by atoms with E-state index in [2.05, 4.69) is 29.1 Å². The fourth-order valence-electron chi connectivity index (χ4n) is 3.73. The highest BCUT2D eigenvalue weighted by atomic mass is 32.2. The average molecular weight is 429 g/mol. The number of aliphatic hydroxyl groups excluding tert-OH is 1. The lowest BCUT2D eigenvalue weighted by Crippen LogP contribution is -2.19. The fourth-order valence-corrected chi connectivity index (χ4v) is 4.68. The molecule has 2 aromatic heterocycles. The van der Waals surface area contributed by atoms with Crippen LogP contribution in [0.3, 0.4) is 0 Å². The summed E-state index contributed by atoms with van der Waals surface area (Å²) in [4.78, 5) is 5.02. The van der Waals surface area contributed by atoms with Gasteiger partial charge in [0, 0.05) is 23.7 Å². The summed E-state index contributed by atoms with van der Waals surface area (Å²) in [5.74, 6) is 5.81. The van der Waals surface area contributed by atoms with Crippen molar-refractivity contribution in [1.29, 1.82) is 0 Å². The van der Waals surface area contributed by atoms with Gasteiger partial charge in [0.05, 0.1) is 18.5 Å². The van der Waals surface area contributed by atoms with Crippen LogP contribution in [0.2, 0.25) is 0 Å². The first-order valence-electron chi connectivity index (χ1n) is 9.97. The maximum atomic E-state index is 13.6. The Bertz CT molecular complexity index is 1060. The fraction of sp³-hybridized carbons (Fsp3) is 0.348. The summed E-state index contributed by atoms with van der Waals surface area (Å²) >= 11 is 0. The van der Waals surface area contributed by atoms with Crippen molar-refractivity contribution in [2.45, 2.75) is 46.8 Å². The van der Waals surface area contributed by atoms with Crippen molar-refractivity contribution in [3.63, 3.8) is 0 Å². The quantitative estimate of drug-likeness (QED) is 0.511. The zero-order valence-electron chi connectivity index (χ0n) is 18.2. The van der Waals surface area contributed by atoms with Crippen LogP contribution in [-0.4, -0.2) is 32.0 Å². The second-order valence-corrected chi connectivity index (χ2v) is 9.08. The molecule has 1 unspecified atom stereocenters. The molecule has 5 nitrogen and oxygen atoms in total. The maximum Gasteiger partial charge on any atom is 0.147 e. The van der Waals surface area contributed by atoms with Gasteiger partial charge in [0.1, 0.15) is 17.5 Å². The molecule has 7 heteroatoms. The molecule has 0 aliphatic heterocycles. The summed E-state index contributed by atoms with van der Waals surface area (Å²) in [5.41, 5.74) is 4.27. The molecular weight excluding hydrogens is 399 g/mol. The van der Waals surface area contributed by atoms with Crippen LogP contribution in [0.15, 0.2) is 36.5 Å². The van der Waals surface area contributed by atoms with Gasteiger partial charge in [-0.25, -0.2) is 14.1 Å². The number of anilines is 2. The molecule has 0 amide bonds. The highest BCUT2D eigenvalue weighted by Gasteiger charge is 2.25. The largest absolute Gasteiger partial charge is 0.392 e. The lowest BCUT2D eigenvalue weighted by Gasteiger charge is -2.29. The number of hydrogen-bond acceptors (Lipinski definition) is 4. The van der Waals surface area contributed by atoms with Gasteiger partial charge in [-0.15, -0.1) is 0 Å². The van der Waals surface area contributed by atoms with E-state index in [1.54, 1.807) is 18.3 Å².